The van der Waals surface area contributed by atoms with Crippen molar-refractivity contribution in [1.82, 2.24) is 19.8 Å². The fourth-order valence-corrected chi connectivity index (χ4v) is 8.72. The van der Waals surface area contributed by atoms with E-state index in [4.69, 9.17) is 0 Å². The van der Waals surface area contributed by atoms with Crippen molar-refractivity contribution in [3.8, 4) is 0 Å². The Morgan fingerprint density at radius 2 is 1.56 bits per heavy atom. The highest BCUT2D eigenvalue weighted by Crippen LogP contribution is 2.37. The van der Waals surface area contributed by atoms with Gasteiger partial charge in [0.05, 0.1) is 38.3 Å². The Hall–Kier alpha value is -2.89. The number of carboxylic acids is 1. The minimum absolute atomic E-state index is 0.0536. The van der Waals surface area contributed by atoms with Crippen LogP contribution in [0.5, 0.6) is 0 Å². The first-order valence-electron chi connectivity index (χ1n) is 14.4. The molecule has 11 nitrogen and oxygen atoms in total. The summed E-state index contributed by atoms with van der Waals surface area (Å²) >= 11 is 0. The number of piperazine rings is 1. The number of hydrogen-bond acceptors (Lipinski definition) is 9. The molecule has 3 N–H and O–H groups in total. The summed E-state index contributed by atoms with van der Waals surface area (Å²) in [6.45, 7) is 5.84. The van der Waals surface area contributed by atoms with Gasteiger partial charge in [-0.15, -0.1) is 0 Å². The summed E-state index contributed by atoms with van der Waals surface area (Å²) in [6.07, 6.45) is -4.94. The van der Waals surface area contributed by atoms with E-state index in [-0.39, 0.29) is 43.2 Å². The Kier molecular flexibility index (Phi) is 10.5. The maximum Gasteiger partial charge on any atom is 0.417 e. The van der Waals surface area contributed by atoms with Crippen molar-refractivity contribution in [2.45, 2.75) is 59.6 Å². The van der Waals surface area contributed by atoms with E-state index >= 15 is 0 Å². The molecule has 1 unspecified atom stereocenters. The lowest BCUT2D eigenvalue weighted by Gasteiger charge is -2.43. The van der Waals surface area contributed by atoms with Crippen LogP contribution in [0.3, 0.4) is 0 Å². The van der Waals surface area contributed by atoms with E-state index in [1.165, 1.54) is 38.1 Å². The third-order valence-electron chi connectivity index (χ3n) is 8.26. The number of nitrogens with zero attached hydrogens (tertiary/aromatic N) is 2. The molecule has 0 aromatic heterocycles. The number of carboxylic acid groups (broad SMARTS) is 1. The first kappa shape index (κ1) is 35.0. The van der Waals surface area contributed by atoms with Crippen LogP contribution in [-0.2, 0) is 35.6 Å². The first-order chi connectivity index (χ1) is 20.9. The quantitative estimate of drug-likeness (QED) is 0.324. The van der Waals surface area contributed by atoms with Crippen molar-refractivity contribution in [3.63, 3.8) is 0 Å². The number of Topliss-reactive ketones (excluding diaryl/α,β-unsaturated/α-hetero) is 1. The van der Waals surface area contributed by atoms with E-state index in [2.05, 4.69) is 10.0 Å². The van der Waals surface area contributed by atoms with Crippen molar-refractivity contribution >= 4 is 31.6 Å². The van der Waals surface area contributed by atoms with Crippen LogP contribution in [0.4, 0.5) is 13.2 Å². The van der Waals surface area contributed by atoms with E-state index in [0.717, 1.165) is 6.07 Å². The molecule has 248 valence electrons. The van der Waals surface area contributed by atoms with Gasteiger partial charge in [-0.25, -0.2) is 21.6 Å². The van der Waals surface area contributed by atoms with Crippen LogP contribution >= 0.6 is 0 Å². The number of ketones is 1. The Morgan fingerprint density at radius 3 is 2.11 bits per heavy atom. The maximum atomic E-state index is 13.9. The van der Waals surface area contributed by atoms with Gasteiger partial charge in [0.15, 0.2) is 5.78 Å². The van der Waals surface area contributed by atoms with Crippen LogP contribution in [0.25, 0.3) is 0 Å². The first-order valence-corrected chi connectivity index (χ1v) is 17.4. The van der Waals surface area contributed by atoms with Gasteiger partial charge in [0.25, 0.3) is 0 Å². The van der Waals surface area contributed by atoms with Crippen LogP contribution < -0.4 is 10.0 Å². The number of nitrogens with one attached hydrogen (secondary N) is 2. The SMILES string of the molecule is CC(C)(C(=O)O)C(C(=O)CN1CCNCC1)N1CCC(NS(=O)(=O)c2cc(S(=O)(=O)c3ccccc3)ccc2C(F)(F)F)CC1. The molecule has 0 spiro atoms. The van der Waals surface area contributed by atoms with E-state index in [9.17, 15) is 44.7 Å². The number of sulfone groups is 1. The lowest BCUT2D eigenvalue weighted by molar-refractivity contribution is -0.155. The predicted octanol–water partition coefficient (Wildman–Crippen LogP) is 2.23. The summed E-state index contributed by atoms with van der Waals surface area (Å²) in [5.74, 6) is -1.46. The van der Waals surface area contributed by atoms with Crippen molar-refractivity contribution in [3.05, 3.63) is 54.1 Å². The number of carbonyl (C=O) groups is 2. The Labute approximate surface area is 260 Å². The van der Waals surface area contributed by atoms with Gasteiger partial charge in [0.2, 0.25) is 19.9 Å². The average Bonchev–Trinajstić information content (AvgIpc) is 2.98. The van der Waals surface area contributed by atoms with Gasteiger partial charge in [0, 0.05) is 45.3 Å². The maximum absolute atomic E-state index is 13.9. The third-order valence-corrected chi connectivity index (χ3v) is 11.6. The van der Waals surface area contributed by atoms with Gasteiger partial charge in [0.1, 0.15) is 0 Å². The zero-order valence-corrected chi connectivity index (χ0v) is 26.5. The second-order valence-electron chi connectivity index (χ2n) is 11.8. The van der Waals surface area contributed by atoms with Crippen LogP contribution in [0.1, 0.15) is 32.3 Å². The second kappa shape index (κ2) is 13.5. The zero-order valence-electron chi connectivity index (χ0n) is 24.9. The monoisotopic (exact) mass is 674 g/mol. The largest absolute Gasteiger partial charge is 0.481 e. The summed E-state index contributed by atoms with van der Waals surface area (Å²) in [5.41, 5.74) is -2.98. The molecule has 45 heavy (non-hydrogen) atoms. The van der Waals surface area contributed by atoms with Crippen molar-refractivity contribution in [2.75, 3.05) is 45.8 Å². The molecular formula is C29H37F3N4O7S2. The molecule has 0 radical (unpaired) electrons. The van der Waals surface area contributed by atoms with Crippen LogP contribution in [0, 0.1) is 5.41 Å². The Bertz CT molecular complexity index is 1600. The van der Waals surface area contributed by atoms with E-state index in [0.29, 0.717) is 38.3 Å². The molecule has 2 fully saturated rings. The molecule has 1 atom stereocenters. The molecule has 2 saturated heterocycles. The Morgan fingerprint density at radius 1 is 0.956 bits per heavy atom. The number of aliphatic carboxylic acids is 1. The molecular weight excluding hydrogens is 637 g/mol. The predicted molar refractivity (Wildman–Crippen MR) is 158 cm³/mol. The van der Waals surface area contributed by atoms with Crippen LogP contribution in [0.2, 0.25) is 0 Å². The lowest BCUT2D eigenvalue weighted by Crippen LogP contribution is -2.59. The van der Waals surface area contributed by atoms with Gasteiger partial charge in [-0.05, 0) is 57.0 Å². The molecule has 2 aromatic rings. The molecule has 0 bridgehead atoms. The smallest absolute Gasteiger partial charge is 0.417 e. The minimum atomic E-state index is -5.09. The van der Waals surface area contributed by atoms with E-state index in [1.54, 1.807) is 11.0 Å². The fraction of sp³-hybridized carbons (Fsp3) is 0.517. The van der Waals surface area contributed by atoms with E-state index < -0.39 is 64.9 Å². The van der Waals surface area contributed by atoms with Gasteiger partial charge >= 0.3 is 12.1 Å². The second-order valence-corrected chi connectivity index (χ2v) is 15.5. The highest BCUT2D eigenvalue weighted by atomic mass is 32.2. The van der Waals surface area contributed by atoms with Crippen molar-refractivity contribution < 1.29 is 44.7 Å². The molecule has 2 heterocycles. The number of carbonyl (C=O) groups excluding carboxylic acids is 1. The Balaban J connectivity index is 1.55. The molecule has 2 aliphatic rings. The van der Waals surface area contributed by atoms with Crippen LogP contribution in [0.15, 0.2) is 63.2 Å². The number of halogens is 3. The topological polar surface area (TPSA) is 153 Å². The van der Waals surface area contributed by atoms with Crippen molar-refractivity contribution in [2.24, 2.45) is 5.41 Å². The number of hydrogen-bond donors (Lipinski definition) is 3. The highest BCUT2D eigenvalue weighted by Gasteiger charge is 2.46. The molecule has 0 aliphatic carbocycles. The molecule has 16 heteroatoms. The third kappa shape index (κ3) is 7.92. The molecule has 0 saturated carbocycles. The van der Waals surface area contributed by atoms with Crippen molar-refractivity contribution in [1.29, 1.82) is 0 Å². The fourth-order valence-electron chi connectivity index (χ4n) is 5.78. The summed E-state index contributed by atoms with van der Waals surface area (Å²) in [4.78, 5) is 27.2. The number of benzene rings is 2. The summed E-state index contributed by atoms with van der Waals surface area (Å²) in [5, 5.41) is 13.1. The summed E-state index contributed by atoms with van der Waals surface area (Å²) < 4.78 is 97.1. The standard InChI is InChI=1S/C29H37F3N4O7S2/c1-28(2,27(38)39)26(24(37)19-35-16-12-33-13-17-35)36-14-10-20(11-15-36)34-45(42,43)25-18-22(8-9-23(25)29(30,31)32)44(40,41)21-6-4-3-5-7-21/h3-9,18,20,26,33-34H,10-17,19H2,1-2H3,(H,38,39). The molecule has 2 aromatic carbocycles. The number of piperidine rings is 1. The zero-order chi connectivity index (χ0) is 33.2. The number of rotatable bonds is 11. The van der Waals surface area contributed by atoms with Crippen LogP contribution in [-0.4, -0.2) is 101 Å². The summed E-state index contributed by atoms with van der Waals surface area (Å²) in [7, 11) is -9.21. The van der Waals surface area contributed by atoms with Gasteiger partial charge < -0.3 is 10.4 Å². The van der Waals surface area contributed by atoms with Gasteiger partial charge in [-0.1, -0.05) is 18.2 Å². The number of sulfonamides is 1. The van der Waals surface area contributed by atoms with Gasteiger partial charge in [-0.3, -0.25) is 19.4 Å². The highest BCUT2D eigenvalue weighted by molar-refractivity contribution is 7.91. The number of likely N-dealkylation sites (tertiary alicyclic amines) is 1. The molecule has 0 amide bonds. The molecule has 4 rings (SSSR count). The lowest BCUT2D eigenvalue weighted by atomic mass is 9.79. The normalized spacial score (nSPS) is 18.9. The average molecular weight is 675 g/mol. The van der Waals surface area contributed by atoms with Gasteiger partial charge in [-0.2, -0.15) is 13.2 Å². The number of alkyl halides is 3. The summed E-state index contributed by atoms with van der Waals surface area (Å²) in [6, 6.07) is 6.75. The molecule has 2 aliphatic heterocycles. The minimum Gasteiger partial charge on any atom is -0.481 e. The van der Waals surface area contributed by atoms with E-state index in [1.807, 2.05) is 4.90 Å².